The molecular formula is C22H20F2N6O. The summed E-state index contributed by atoms with van der Waals surface area (Å²) in [6.07, 6.45) is 5.37. The standard InChI is InChI=1S/C22H20F2N6O/c1-3-20(22(25)31)30-11-19-21(29-30)16(6-7-26-19)28-17-9-18(27-10-12(17)2)14-8-13(23)4-5-15(14)24/h4-11,20H,3H2,1-2H3,(H2,25,31)(H,27,28). The van der Waals surface area contributed by atoms with E-state index in [2.05, 4.69) is 20.4 Å². The number of anilines is 2. The van der Waals surface area contributed by atoms with Gasteiger partial charge in [0, 0.05) is 23.6 Å². The maximum absolute atomic E-state index is 14.2. The van der Waals surface area contributed by atoms with Crippen molar-refractivity contribution in [1.82, 2.24) is 19.7 Å². The first-order valence-electron chi connectivity index (χ1n) is 9.69. The Morgan fingerprint density at radius 1 is 1.19 bits per heavy atom. The summed E-state index contributed by atoms with van der Waals surface area (Å²) in [6.45, 7) is 3.69. The Morgan fingerprint density at radius 2 is 2.00 bits per heavy atom. The molecule has 3 N–H and O–H groups in total. The van der Waals surface area contributed by atoms with Crippen LogP contribution in [0.4, 0.5) is 20.2 Å². The Hall–Kier alpha value is -3.88. The first kappa shape index (κ1) is 20.4. The lowest BCUT2D eigenvalue weighted by Crippen LogP contribution is -2.26. The average molecular weight is 422 g/mol. The fourth-order valence-electron chi connectivity index (χ4n) is 3.36. The van der Waals surface area contributed by atoms with Crippen LogP contribution in [0.25, 0.3) is 22.3 Å². The molecule has 31 heavy (non-hydrogen) atoms. The van der Waals surface area contributed by atoms with Gasteiger partial charge < -0.3 is 11.1 Å². The fourth-order valence-corrected chi connectivity index (χ4v) is 3.36. The van der Waals surface area contributed by atoms with Gasteiger partial charge in [-0.15, -0.1) is 0 Å². The SMILES string of the molecule is CCC(C(N)=O)n1cc2nccc(Nc3cc(-c4cc(F)ccc4F)ncc3C)c2n1. The van der Waals surface area contributed by atoms with Crippen molar-refractivity contribution in [3.63, 3.8) is 0 Å². The molecule has 0 spiro atoms. The normalized spacial score (nSPS) is 12.1. The van der Waals surface area contributed by atoms with Crippen LogP contribution in [-0.2, 0) is 4.79 Å². The number of rotatable bonds is 6. The summed E-state index contributed by atoms with van der Waals surface area (Å²) in [5.74, 6) is -1.59. The minimum atomic E-state index is -0.577. The molecule has 0 bridgehead atoms. The number of nitrogens with zero attached hydrogens (tertiary/aromatic N) is 4. The second kappa shape index (κ2) is 8.10. The van der Waals surface area contributed by atoms with Crippen molar-refractivity contribution in [2.45, 2.75) is 26.3 Å². The molecule has 0 radical (unpaired) electrons. The topological polar surface area (TPSA) is 98.7 Å². The van der Waals surface area contributed by atoms with Crippen LogP contribution >= 0.6 is 0 Å². The highest BCUT2D eigenvalue weighted by Gasteiger charge is 2.19. The number of aromatic nitrogens is 4. The number of aryl methyl sites for hydroxylation is 1. The van der Waals surface area contributed by atoms with E-state index in [1.807, 2.05) is 13.8 Å². The molecule has 0 aliphatic carbocycles. The maximum Gasteiger partial charge on any atom is 0.242 e. The molecular weight excluding hydrogens is 402 g/mol. The molecule has 1 amide bonds. The van der Waals surface area contributed by atoms with Gasteiger partial charge in [0.2, 0.25) is 5.91 Å². The van der Waals surface area contributed by atoms with Gasteiger partial charge in [0.05, 0.1) is 17.6 Å². The second-order valence-corrected chi connectivity index (χ2v) is 7.16. The van der Waals surface area contributed by atoms with E-state index in [1.54, 1.807) is 30.7 Å². The third kappa shape index (κ3) is 3.94. The molecule has 3 aromatic heterocycles. The van der Waals surface area contributed by atoms with E-state index in [-0.39, 0.29) is 5.56 Å². The van der Waals surface area contributed by atoms with Gasteiger partial charge in [-0.1, -0.05) is 6.92 Å². The summed E-state index contributed by atoms with van der Waals surface area (Å²) in [5.41, 5.74) is 9.07. The van der Waals surface area contributed by atoms with Crippen LogP contribution in [0.5, 0.6) is 0 Å². The van der Waals surface area contributed by atoms with Gasteiger partial charge in [0.25, 0.3) is 0 Å². The second-order valence-electron chi connectivity index (χ2n) is 7.16. The van der Waals surface area contributed by atoms with Crippen molar-refractivity contribution < 1.29 is 13.6 Å². The molecule has 4 aromatic rings. The number of halogens is 2. The van der Waals surface area contributed by atoms with Crippen LogP contribution in [-0.4, -0.2) is 25.7 Å². The molecule has 1 unspecified atom stereocenters. The summed E-state index contributed by atoms with van der Waals surface area (Å²) in [6, 6.07) is 6.06. The van der Waals surface area contributed by atoms with Crippen molar-refractivity contribution in [2.24, 2.45) is 5.73 Å². The Morgan fingerprint density at radius 3 is 2.74 bits per heavy atom. The van der Waals surface area contributed by atoms with Crippen molar-refractivity contribution in [3.8, 4) is 11.3 Å². The number of primary amides is 1. The molecule has 0 saturated heterocycles. The molecule has 1 aromatic carbocycles. The lowest BCUT2D eigenvalue weighted by atomic mass is 10.1. The monoisotopic (exact) mass is 422 g/mol. The Balaban J connectivity index is 1.75. The Labute approximate surface area is 176 Å². The number of amides is 1. The highest BCUT2D eigenvalue weighted by molar-refractivity contribution is 5.90. The lowest BCUT2D eigenvalue weighted by molar-refractivity contribution is -0.121. The molecule has 0 aliphatic heterocycles. The minimum absolute atomic E-state index is 0.0689. The average Bonchev–Trinajstić information content (AvgIpc) is 3.16. The minimum Gasteiger partial charge on any atom is -0.368 e. The van der Waals surface area contributed by atoms with Crippen molar-refractivity contribution in [2.75, 3.05) is 5.32 Å². The predicted molar refractivity (Wildman–Crippen MR) is 114 cm³/mol. The number of carbonyl (C=O) groups is 1. The Kier molecular flexibility index (Phi) is 5.33. The van der Waals surface area contributed by atoms with Crippen molar-refractivity contribution in [1.29, 1.82) is 0 Å². The van der Waals surface area contributed by atoms with E-state index in [0.29, 0.717) is 34.5 Å². The van der Waals surface area contributed by atoms with E-state index in [4.69, 9.17) is 5.73 Å². The molecule has 0 aliphatic rings. The number of carbonyl (C=O) groups excluding carboxylic acids is 1. The van der Waals surface area contributed by atoms with E-state index in [1.165, 1.54) is 4.68 Å². The van der Waals surface area contributed by atoms with E-state index in [9.17, 15) is 13.6 Å². The van der Waals surface area contributed by atoms with E-state index < -0.39 is 23.6 Å². The first-order valence-corrected chi connectivity index (χ1v) is 9.69. The molecule has 158 valence electrons. The third-order valence-corrected chi connectivity index (χ3v) is 5.03. The van der Waals surface area contributed by atoms with Crippen molar-refractivity contribution in [3.05, 3.63) is 66.1 Å². The van der Waals surface area contributed by atoms with Gasteiger partial charge in [-0.25, -0.2) is 8.78 Å². The number of nitrogens with two attached hydrogens (primary N) is 1. The van der Waals surface area contributed by atoms with Crippen LogP contribution in [0, 0.1) is 18.6 Å². The number of nitrogens with one attached hydrogen (secondary N) is 1. The zero-order valence-corrected chi connectivity index (χ0v) is 16.9. The number of hydrogen-bond acceptors (Lipinski definition) is 5. The van der Waals surface area contributed by atoms with Gasteiger partial charge >= 0.3 is 0 Å². The highest BCUT2D eigenvalue weighted by Crippen LogP contribution is 2.30. The summed E-state index contributed by atoms with van der Waals surface area (Å²) >= 11 is 0. The zero-order chi connectivity index (χ0) is 22.1. The molecule has 4 rings (SSSR count). The molecule has 0 saturated carbocycles. The van der Waals surface area contributed by atoms with Crippen LogP contribution < -0.4 is 11.1 Å². The molecule has 1 atom stereocenters. The molecule has 0 fully saturated rings. The van der Waals surface area contributed by atoms with Gasteiger partial charge in [-0.2, -0.15) is 5.10 Å². The number of benzene rings is 1. The summed E-state index contributed by atoms with van der Waals surface area (Å²) < 4.78 is 29.4. The summed E-state index contributed by atoms with van der Waals surface area (Å²) in [5, 5.41) is 7.77. The molecule has 7 nitrogen and oxygen atoms in total. The molecule has 9 heteroatoms. The third-order valence-electron chi connectivity index (χ3n) is 5.03. The fraction of sp³-hybridized carbons (Fsp3) is 0.182. The zero-order valence-electron chi connectivity index (χ0n) is 16.9. The first-order chi connectivity index (χ1) is 14.9. The van der Waals surface area contributed by atoms with Crippen LogP contribution in [0.3, 0.4) is 0 Å². The van der Waals surface area contributed by atoms with Gasteiger partial charge in [0.15, 0.2) is 0 Å². The van der Waals surface area contributed by atoms with E-state index in [0.717, 1.165) is 23.8 Å². The van der Waals surface area contributed by atoms with Gasteiger partial charge in [-0.3, -0.25) is 19.4 Å². The van der Waals surface area contributed by atoms with Crippen molar-refractivity contribution >= 4 is 28.3 Å². The van der Waals surface area contributed by atoms with Gasteiger partial charge in [0.1, 0.15) is 28.7 Å². The van der Waals surface area contributed by atoms with Crippen LogP contribution in [0.1, 0.15) is 24.9 Å². The van der Waals surface area contributed by atoms with Gasteiger partial charge in [-0.05, 0) is 49.2 Å². The number of pyridine rings is 2. The lowest BCUT2D eigenvalue weighted by Gasteiger charge is -2.12. The summed E-state index contributed by atoms with van der Waals surface area (Å²) in [4.78, 5) is 20.3. The largest absolute Gasteiger partial charge is 0.368 e. The highest BCUT2D eigenvalue weighted by atomic mass is 19.1. The predicted octanol–water partition coefficient (Wildman–Crippen LogP) is 4.26. The summed E-state index contributed by atoms with van der Waals surface area (Å²) in [7, 11) is 0. The van der Waals surface area contributed by atoms with E-state index >= 15 is 0 Å². The van der Waals surface area contributed by atoms with Crippen LogP contribution in [0.15, 0.2) is 48.9 Å². The molecule has 3 heterocycles. The van der Waals surface area contributed by atoms with Crippen LogP contribution in [0.2, 0.25) is 0 Å². The number of hydrogen-bond donors (Lipinski definition) is 2. The maximum atomic E-state index is 14.2. The quantitative estimate of drug-likeness (QED) is 0.484. The smallest absolute Gasteiger partial charge is 0.242 e. The number of fused-ring (bicyclic) bond motifs is 1. The Bertz CT molecular complexity index is 1290.